The molecule has 0 saturated carbocycles. The zero-order valence-corrected chi connectivity index (χ0v) is 12.7. The molecule has 3 nitrogen and oxygen atoms in total. The topological polar surface area (TPSA) is 15.7 Å². The highest BCUT2D eigenvalue weighted by Gasteiger charge is 2.14. The molecule has 110 valence electrons. The Balaban J connectivity index is 1.77. The summed E-state index contributed by atoms with van der Waals surface area (Å²) < 4.78 is 5.29. The smallest absolute Gasteiger partial charge is 0.119 e. The molecule has 1 aliphatic rings. The minimum atomic E-state index is 0.899. The van der Waals surface area contributed by atoms with Crippen LogP contribution in [0.5, 0.6) is 5.75 Å². The van der Waals surface area contributed by atoms with Gasteiger partial charge in [-0.25, -0.2) is 0 Å². The van der Waals surface area contributed by atoms with Crippen LogP contribution in [0, 0.1) is 0 Å². The Bertz CT molecular complexity index is 586. The third-order valence-electron chi connectivity index (χ3n) is 4.14. The van der Waals surface area contributed by atoms with E-state index in [0.29, 0.717) is 0 Å². The van der Waals surface area contributed by atoms with Gasteiger partial charge in [-0.15, -0.1) is 0 Å². The predicted molar refractivity (Wildman–Crippen MR) is 88.1 cm³/mol. The normalized spacial score (nSPS) is 16.0. The molecule has 0 amide bonds. The van der Waals surface area contributed by atoms with Gasteiger partial charge in [-0.2, -0.15) is 0 Å². The number of methoxy groups -OCH3 is 1. The van der Waals surface area contributed by atoms with Crippen molar-refractivity contribution in [2.24, 2.45) is 0 Å². The van der Waals surface area contributed by atoms with E-state index in [1.807, 2.05) is 12.1 Å². The number of hydrogen-bond donors (Lipinski definition) is 0. The Morgan fingerprint density at radius 1 is 0.857 bits per heavy atom. The van der Waals surface area contributed by atoms with Crippen LogP contribution in [-0.2, 0) is 0 Å². The molecule has 0 radical (unpaired) electrons. The molecule has 0 aliphatic carbocycles. The standard InChI is InChI=1S/C18H22N2O/c1-19-10-12-20(13-11-19)17-8-6-15(7-9-17)16-4-3-5-18(14-16)21-2/h3-9,14H,10-13H2,1-2H3. The van der Waals surface area contributed by atoms with Gasteiger partial charge in [0, 0.05) is 31.9 Å². The largest absolute Gasteiger partial charge is 0.497 e. The number of rotatable bonds is 3. The molecule has 2 aromatic rings. The Kier molecular flexibility index (Phi) is 4.11. The van der Waals surface area contributed by atoms with E-state index in [1.54, 1.807) is 7.11 Å². The number of hydrogen-bond acceptors (Lipinski definition) is 3. The summed E-state index contributed by atoms with van der Waals surface area (Å²) >= 11 is 0. The summed E-state index contributed by atoms with van der Waals surface area (Å²) in [6.07, 6.45) is 0. The number of likely N-dealkylation sites (N-methyl/N-ethyl adjacent to an activating group) is 1. The molecule has 0 N–H and O–H groups in total. The van der Waals surface area contributed by atoms with Gasteiger partial charge in [0.05, 0.1) is 7.11 Å². The minimum absolute atomic E-state index is 0.899. The van der Waals surface area contributed by atoms with Crippen molar-refractivity contribution in [3.63, 3.8) is 0 Å². The van der Waals surface area contributed by atoms with Gasteiger partial charge in [-0.3, -0.25) is 0 Å². The fourth-order valence-electron chi connectivity index (χ4n) is 2.73. The molecular weight excluding hydrogens is 260 g/mol. The van der Waals surface area contributed by atoms with Crippen molar-refractivity contribution in [1.29, 1.82) is 0 Å². The lowest BCUT2D eigenvalue weighted by Crippen LogP contribution is -2.44. The summed E-state index contributed by atoms with van der Waals surface area (Å²) in [5.74, 6) is 0.899. The summed E-state index contributed by atoms with van der Waals surface area (Å²) in [5.41, 5.74) is 3.74. The first kappa shape index (κ1) is 14.0. The number of piperazine rings is 1. The first-order valence-electron chi connectivity index (χ1n) is 7.44. The van der Waals surface area contributed by atoms with Gasteiger partial charge in [0.15, 0.2) is 0 Å². The highest BCUT2D eigenvalue weighted by molar-refractivity contribution is 5.67. The quantitative estimate of drug-likeness (QED) is 0.860. The van der Waals surface area contributed by atoms with Gasteiger partial charge in [0.25, 0.3) is 0 Å². The van der Waals surface area contributed by atoms with E-state index >= 15 is 0 Å². The number of ether oxygens (including phenoxy) is 1. The highest BCUT2D eigenvalue weighted by Crippen LogP contribution is 2.26. The summed E-state index contributed by atoms with van der Waals surface area (Å²) in [7, 11) is 3.89. The molecule has 0 aromatic heterocycles. The van der Waals surface area contributed by atoms with Gasteiger partial charge in [0.1, 0.15) is 5.75 Å². The van der Waals surface area contributed by atoms with Crippen molar-refractivity contribution in [3.05, 3.63) is 48.5 Å². The monoisotopic (exact) mass is 282 g/mol. The third kappa shape index (κ3) is 3.19. The van der Waals surface area contributed by atoms with E-state index in [4.69, 9.17) is 4.74 Å². The molecule has 0 unspecified atom stereocenters. The van der Waals surface area contributed by atoms with Crippen molar-refractivity contribution in [2.45, 2.75) is 0 Å². The van der Waals surface area contributed by atoms with Crippen molar-refractivity contribution in [3.8, 4) is 16.9 Å². The molecule has 0 spiro atoms. The van der Waals surface area contributed by atoms with Gasteiger partial charge in [-0.05, 0) is 42.4 Å². The number of benzene rings is 2. The SMILES string of the molecule is COc1cccc(-c2ccc(N3CCN(C)CC3)cc2)c1. The lowest BCUT2D eigenvalue weighted by Gasteiger charge is -2.34. The Hall–Kier alpha value is -2.00. The second kappa shape index (κ2) is 6.19. The van der Waals surface area contributed by atoms with Crippen LogP contribution >= 0.6 is 0 Å². The van der Waals surface area contributed by atoms with Crippen LogP contribution in [0.3, 0.4) is 0 Å². The maximum absolute atomic E-state index is 5.29. The third-order valence-corrected chi connectivity index (χ3v) is 4.14. The van der Waals surface area contributed by atoms with E-state index in [9.17, 15) is 0 Å². The van der Waals surface area contributed by atoms with Gasteiger partial charge >= 0.3 is 0 Å². The van der Waals surface area contributed by atoms with Crippen LogP contribution in [0.15, 0.2) is 48.5 Å². The molecular formula is C18H22N2O. The zero-order valence-electron chi connectivity index (χ0n) is 12.7. The van der Waals surface area contributed by atoms with Crippen molar-refractivity contribution in [1.82, 2.24) is 4.90 Å². The van der Waals surface area contributed by atoms with Crippen molar-refractivity contribution in [2.75, 3.05) is 45.2 Å². The summed E-state index contributed by atoms with van der Waals surface area (Å²) in [4.78, 5) is 4.83. The average molecular weight is 282 g/mol. The predicted octanol–water partition coefficient (Wildman–Crippen LogP) is 3.11. The lowest BCUT2D eigenvalue weighted by atomic mass is 10.0. The Labute approximate surface area is 126 Å². The first-order valence-corrected chi connectivity index (χ1v) is 7.44. The fourth-order valence-corrected chi connectivity index (χ4v) is 2.73. The molecule has 3 rings (SSSR count). The summed E-state index contributed by atoms with van der Waals surface area (Å²) in [6, 6.07) is 17.0. The van der Waals surface area contributed by atoms with Crippen LogP contribution < -0.4 is 9.64 Å². The van der Waals surface area contributed by atoms with Gasteiger partial charge in [0.2, 0.25) is 0 Å². The molecule has 21 heavy (non-hydrogen) atoms. The highest BCUT2D eigenvalue weighted by atomic mass is 16.5. The van der Waals surface area contributed by atoms with Crippen LogP contribution in [0.2, 0.25) is 0 Å². The molecule has 3 heteroatoms. The van der Waals surface area contributed by atoms with Gasteiger partial charge in [-0.1, -0.05) is 24.3 Å². The van der Waals surface area contributed by atoms with E-state index in [2.05, 4.69) is 53.2 Å². The average Bonchev–Trinajstić information content (AvgIpc) is 2.56. The molecule has 1 saturated heterocycles. The van der Waals surface area contributed by atoms with Crippen LogP contribution in [0.1, 0.15) is 0 Å². The summed E-state index contributed by atoms with van der Waals surface area (Å²) in [5, 5.41) is 0. The van der Waals surface area contributed by atoms with E-state index in [0.717, 1.165) is 31.9 Å². The minimum Gasteiger partial charge on any atom is -0.497 e. The zero-order chi connectivity index (χ0) is 14.7. The molecule has 1 aliphatic heterocycles. The van der Waals surface area contributed by atoms with E-state index in [1.165, 1.54) is 16.8 Å². The number of nitrogens with zero attached hydrogens (tertiary/aromatic N) is 2. The molecule has 2 aromatic carbocycles. The second-order valence-electron chi connectivity index (χ2n) is 5.57. The Morgan fingerprint density at radius 2 is 1.57 bits per heavy atom. The molecule has 1 fully saturated rings. The molecule has 0 bridgehead atoms. The molecule has 1 heterocycles. The van der Waals surface area contributed by atoms with Crippen LogP contribution in [0.25, 0.3) is 11.1 Å². The Morgan fingerprint density at radius 3 is 2.24 bits per heavy atom. The maximum atomic E-state index is 5.29. The van der Waals surface area contributed by atoms with E-state index in [-0.39, 0.29) is 0 Å². The maximum Gasteiger partial charge on any atom is 0.119 e. The van der Waals surface area contributed by atoms with Crippen LogP contribution in [-0.4, -0.2) is 45.2 Å². The molecule has 0 atom stereocenters. The first-order chi connectivity index (χ1) is 10.3. The number of anilines is 1. The van der Waals surface area contributed by atoms with Gasteiger partial charge < -0.3 is 14.5 Å². The van der Waals surface area contributed by atoms with Crippen LogP contribution in [0.4, 0.5) is 5.69 Å². The second-order valence-corrected chi connectivity index (χ2v) is 5.57. The van der Waals surface area contributed by atoms with Crippen molar-refractivity contribution >= 4 is 5.69 Å². The fraction of sp³-hybridized carbons (Fsp3) is 0.333. The summed E-state index contributed by atoms with van der Waals surface area (Å²) in [6.45, 7) is 4.49. The lowest BCUT2D eigenvalue weighted by molar-refractivity contribution is 0.313. The van der Waals surface area contributed by atoms with E-state index < -0.39 is 0 Å². The van der Waals surface area contributed by atoms with Crippen molar-refractivity contribution < 1.29 is 4.74 Å².